The summed E-state index contributed by atoms with van der Waals surface area (Å²) in [6, 6.07) is 11.7. The summed E-state index contributed by atoms with van der Waals surface area (Å²) < 4.78 is 15.4. The summed E-state index contributed by atoms with van der Waals surface area (Å²) in [5.41, 5.74) is 0.793. The number of anilines is 1. The van der Waals surface area contributed by atoms with Crippen LogP contribution < -0.4 is 20.1 Å². The van der Waals surface area contributed by atoms with E-state index in [9.17, 15) is 14.4 Å². The number of benzene rings is 2. The van der Waals surface area contributed by atoms with Crippen molar-refractivity contribution in [2.75, 3.05) is 26.1 Å². The zero-order valence-corrected chi connectivity index (χ0v) is 16.2. The van der Waals surface area contributed by atoms with Crippen LogP contribution in [0.25, 0.3) is 0 Å². The van der Waals surface area contributed by atoms with Gasteiger partial charge in [-0.25, -0.2) is 4.79 Å². The number of para-hydroxylation sites is 1. The lowest BCUT2D eigenvalue weighted by atomic mass is 10.1. The molecule has 1 fully saturated rings. The second-order valence-corrected chi connectivity index (χ2v) is 6.46. The Bertz CT molecular complexity index is 901. The first-order chi connectivity index (χ1) is 14.0. The summed E-state index contributed by atoms with van der Waals surface area (Å²) in [5.74, 6) is -1.03. The van der Waals surface area contributed by atoms with Crippen molar-refractivity contribution < 1.29 is 28.6 Å². The smallest absolute Gasteiger partial charge is 0.346 e. The molecule has 2 amide bonds. The molecule has 0 radical (unpaired) electrons. The van der Waals surface area contributed by atoms with Crippen LogP contribution in [0.3, 0.4) is 0 Å². The first-order valence-electron chi connectivity index (χ1n) is 9.11. The quantitative estimate of drug-likeness (QED) is 0.662. The largest absolute Gasteiger partial charge is 0.496 e. The van der Waals surface area contributed by atoms with Crippen LogP contribution in [0.15, 0.2) is 42.5 Å². The predicted molar refractivity (Wildman–Crippen MR) is 105 cm³/mol. The molecule has 2 N–H and O–H groups in total. The molecule has 1 saturated carbocycles. The topological polar surface area (TPSA) is 103 Å². The number of hydrogen-bond donors (Lipinski definition) is 2. The number of amides is 2. The summed E-state index contributed by atoms with van der Waals surface area (Å²) in [5, 5.41) is 5.49. The molecule has 29 heavy (non-hydrogen) atoms. The molecule has 1 aliphatic rings. The minimum Gasteiger partial charge on any atom is -0.496 e. The van der Waals surface area contributed by atoms with E-state index in [0.29, 0.717) is 11.3 Å². The van der Waals surface area contributed by atoms with Gasteiger partial charge in [-0.1, -0.05) is 18.2 Å². The number of carbonyl (C=O) groups excluding carboxylic acids is 3. The number of esters is 1. The Kier molecular flexibility index (Phi) is 6.33. The van der Waals surface area contributed by atoms with E-state index in [1.54, 1.807) is 42.5 Å². The number of methoxy groups -OCH3 is 2. The summed E-state index contributed by atoms with van der Waals surface area (Å²) in [4.78, 5) is 37.0. The SMILES string of the molecule is COc1cccc(OC)c1C(=O)OCC(=O)Nc1ccccc1C(=O)NC1CC1. The normalized spacial score (nSPS) is 12.6. The van der Waals surface area contributed by atoms with E-state index in [1.807, 2.05) is 0 Å². The van der Waals surface area contributed by atoms with Gasteiger partial charge in [0.05, 0.1) is 25.5 Å². The number of rotatable bonds is 8. The molecule has 152 valence electrons. The predicted octanol–water partition coefficient (Wildman–Crippen LogP) is 2.39. The van der Waals surface area contributed by atoms with Gasteiger partial charge in [0.2, 0.25) is 0 Å². The molecule has 0 spiro atoms. The molecule has 8 heteroatoms. The maximum atomic E-state index is 12.4. The number of nitrogens with one attached hydrogen (secondary N) is 2. The van der Waals surface area contributed by atoms with Crippen molar-refractivity contribution in [3.05, 3.63) is 53.6 Å². The number of hydrogen-bond acceptors (Lipinski definition) is 6. The minimum atomic E-state index is -0.755. The highest BCUT2D eigenvalue weighted by Crippen LogP contribution is 2.29. The average Bonchev–Trinajstić information content (AvgIpc) is 3.55. The van der Waals surface area contributed by atoms with Gasteiger partial charge in [-0.15, -0.1) is 0 Å². The number of carbonyl (C=O) groups is 3. The van der Waals surface area contributed by atoms with Crippen molar-refractivity contribution in [1.82, 2.24) is 5.32 Å². The molecule has 1 aliphatic carbocycles. The Hall–Kier alpha value is -3.55. The van der Waals surface area contributed by atoms with Crippen LogP contribution >= 0.6 is 0 Å². The third kappa shape index (κ3) is 5.04. The first-order valence-corrected chi connectivity index (χ1v) is 9.11. The van der Waals surface area contributed by atoms with Gasteiger partial charge in [0.15, 0.2) is 6.61 Å². The van der Waals surface area contributed by atoms with Gasteiger partial charge in [-0.2, -0.15) is 0 Å². The fourth-order valence-corrected chi connectivity index (χ4v) is 2.72. The van der Waals surface area contributed by atoms with Crippen molar-refractivity contribution in [1.29, 1.82) is 0 Å². The van der Waals surface area contributed by atoms with E-state index >= 15 is 0 Å². The zero-order chi connectivity index (χ0) is 20.8. The monoisotopic (exact) mass is 398 g/mol. The van der Waals surface area contributed by atoms with Gasteiger partial charge in [-0.3, -0.25) is 9.59 Å². The summed E-state index contributed by atoms with van der Waals surface area (Å²) in [6.45, 7) is -0.529. The van der Waals surface area contributed by atoms with Gasteiger partial charge in [0, 0.05) is 6.04 Å². The Morgan fingerprint density at radius 2 is 1.62 bits per heavy atom. The Morgan fingerprint density at radius 3 is 2.24 bits per heavy atom. The van der Waals surface area contributed by atoms with Crippen molar-refractivity contribution in [3.8, 4) is 11.5 Å². The molecule has 2 aromatic carbocycles. The highest BCUT2D eigenvalue weighted by molar-refractivity contribution is 6.04. The van der Waals surface area contributed by atoms with E-state index in [-0.39, 0.29) is 29.0 Å². The first kappa shape index (κ1) is 20.2. The lowest BCUT2D eigenvalue weighted by Gasteiger charge is -2.13. The second kappa shape index (κ2) is 9.09. The highest BCUT2D eigenvalue weighted by atomic mass is 16.5. The van der Waals surface area contributed by atoms with Crippen LogP contribution in [0.2, 0.25) is 0 Å². The van der Waals surface area contributed by atoms with E-state index in [1.165, 1.54) is 14.2 Å². The molecule has 0 bridgehead atoms. The Morgan fingerprint density at radius 1 is 0.966 bits per heavy atom. The van der Waals surface area contributed by atoms with E-state index < -0.39 is 18.5 Å². The Balaban J connectivity index is 1.64. The van der Waals surface area contributed by atoms with Crippen molar-refractivity contribution in [2.45, 2.75) is 18.9 Å². The van der Waals surface area contributed by atoms with Gasteiger partial charge >= 0.3 is 5.97 Å². The molecule has 0 unspecified atom stereocenters. The number of ether oxygens (including phenoxy) is 3. The summed E-state index contributed by atoms with van der Waals surface area (Å²) in [7, 11) is 2.84. The molecule has 0 atom stereocenters. The third-order valence-electron chi connectivity index (χ3n) is 4.32. The van der Waals surface area contributed by atoms with Gasteiger partial charge in [-0.05, 0) is 37.1 Å². The van der Waals surface area contributed by atoms with Crippen molar-refractivity contribution in [3.63, 3.8) is 0 Å². The van der Waals surface area contributed by atoms with E-state index in [2.05, 4.69) is 10.6 Å². The maximum Gasteiger partial charge on any atom is 0.346 e. The van der Waals surface area contributed by atoms with E-state index in [4.69, 9.17) is 14.2 Å². The van der Waals surface area contributed by atoms with Crippen LogP contribution in [-0.4, -0.2) is 44.7 Å². The minimum absolute atomic E-state index is 0.0921. The lowest BCUT2D eigenvalue weighted by Crippen LogP contribution is -2.28. The lowest BCUT2D eigenvalue weighted by molar-refractivity contribution is -0.119. The molecule has 3 rings (SSSR count). The van der Waals surface area contributed by atoms with Crippen molar-refractivity contribution in [2.24, 2.45) is 0 Å². The van der Waals surface area contributed by atoms with Crippen LogP contribution in [0, 0.1) is 0 Å². The molecule has 0 saturated heterocycles. The fourth-order valence-electron chi connectivity index (χ4n) is 2.72. The van der Waals surface area contributed by atoms with Gasteiger partial charge in [0.1, 0.15) is 17.1 Å². The molecule has 0 heterocycles. The van der Waals surface area contributed by atoms with Crippen LogP contribution in [0.1, 0.15) is 33.6 Å². The van der Waals surface area contributed by atoms with Gasteiger partial charge in [0.25, 0.3) is 11.8 Å². The molecular formula is C21H22N2O6. The standard InChI is InChI=1S/C21H22N2O6/c1-27-16-8-5-9-17(28-2)19(16)21(26)29-12-18(24)23-15-7-4-3-6-14(15)20(25)22-13-10-11-13/h3-9,13H,10-12H2,1-2H3,(H,22,25)(H,23,24). The molecule has 0 aromatic heterocycles. The molecule has 8 nitrogen and oxygen atoms in total. The molecule has 0 aliphatic heterocycles. The molecular weight excluding hydrogens is 376 g/mol. The average molecular weight is 398 g/mol. The second-order valence-electron chi connectivity index (χ2n) is 6.46. The van der Waals surface area contributed by atoms with Crippen LogP contribution in [-0.2, 0) is 9.53 Å². The Labute approximate surface area is 168 Å². The van der Waals surface area contributed by atoms with Crippen molar-refractivity contribution >= 4 is 23.5 Å². The highest BCUT2D eigenvalue weighted by Gasteiger charge is 2.25. The zero-order valence-electron chi connectivity index (χ0n) is 16.2. The fraction of sp³-hybridized carbons (Fsp3) is 0.286. The van der Waals surface area contributed by atoms with Crippen LogP contribution in [0.4, 0.5) is 5.69 Å². The van der Waals surface area contributed by atoms with Crippen LogP contribution in [0.5, 0.6) is 11.5 Å². The summed E-state index contributed by atoms with van der Waals surface area (Å²) >= 11 is 0. The maximum absolute atomic E-state index is 12.4. The summed E-state index contributed by atoms with van der Waals surface area (Å²) in [6.07, 6.45) is 1.92. The van der Waals surface area contributed by atoms with E-state index in [0.717, 1.165) is 12.8 Å². The van der Waals surface area contributed by atoms with Gasteiger partial charge < -0.3 is 24.8 Å². The third-order valence-corrected chi connectivity index (χ3v) is 4.32. The molecule has 2 aromatic rings.